The Kier molecular flexibility index (Phi) is 5.67. The molecule has 0 saturated carbocycles. The number of nitrogens with one attached hydrogen (secondary N) is 1. The van der Waals surface area contributed by atoms with Gasteiger partial charge in [-0.1, -0.05) is 19.9 Å². The molecular weight excluding hydrogens is 365 g/mol. The molecule has 0 atom stereocenters. The molecule has 0 aliphatic heterocycles. The summed E-state index contributed by atoms with van der Waals surface area (Å²) in [5.41, 5.74) is 2.56. The van der Waals surface area contributed by atoms with Crippen molar-refractivity contribution >= 4 is 16.9 Å². The summed E-state index contributed by atoms with van der Waals surface area (Å²) in [5.74, 6) is -1.84. The Morgan fingerprint density at radius 1 is 1.26 bits per heavy atom. The summed E-state index contributed by atoms with van der Waals surface area (Å²) in [5, 5.41) is 11.9. The van der Waals surface area contributed by atoms with Gasteiger partial charge in [-0.2, -0.15) is 18.3 Å². The van der Waals surface area contributed by atoms with E-state index in [2.05, 4.69) is 15.1 Å². The third kappa shape index (κ3) is 4.72. The van der Waals surface area contributed by atoms with Crippen LogP contribution in [0.5, 0.6) is 0 Å². The van der Waals surface area contributed by atoms with Crippen LogP contribution in [0.3, 0.4) is 0 Å². The van der Waals surface area contributed by atoms with Crippen molar-refractivity contribution in [1.29, 1.82) is 0 Å². The number of rotatable bonds is 2. The Hall–Kier alpha value is -3.17. The predicted octanol–water partition coefficient (Wildman–Crippen LogP) is 3.08. The van der Waals surface area contributed by atoms with Crippen LogP contribution in [0.25, 0.3) is 22.2 Å². The molecule has 0 bridgehead atoms. The summed E-state index contributed by atoms with van der Waals surface area (Å²) in [7, 11) is 1.88. The lowest BCUT2D eigenvalue weighted by molar-refractivity contribution is -0.192. The minimum absolute atomic E-state index is 0.0947. The van der Waals surface area contributed by atoms with Crippen LogP contribution < -0.4 is 5.56 Å². The van der Waals surface area contributed by atoms with E-state index >= 15 is 0 Å². The van der Waals surface area contributed by atoms with Crippen LogP contribution in [0.1, 0.15) is 25.6 Å². The number of hydrogen-bond acceptors (Lipinski definition) is 4. The lowest BCUT2D eigenvalue weighted by Gasteiger charge is -2.07. The predicted molar refractivity (Wildman–Crippen MR) is 92.3 cm³/mol. The zero-order chi connectivity index (χ0) is 20.4. The molecule has 0 aliphatic carbocycles. The third-order valence-corrected chi connectivity index (χ3v) is 3.63. The molecule has 0 radical (unpaired) electrons. The highest BCUT2D eigenvalue weighted by atomic mass is 19.4. The van der Waals surface area contributed by atoms with Crippen molar-refractivity contribution in [2.75, 3.05) is 0 Å². The fraction of sp³-hybridized carbons (Fsp3) is 0.294. The van der Waals surface area contributed by atoms with Crippen LogP contribution in [0.15, 0.2) is 35.3 Å². The van der Waals surface area contributed by atoms with Gasteiger partial charge in [0.1, 0.15) is 5.82 Å². The Bertz CT molecular complexity index is 1020. The number of aromatic nitrogens is 4. The highest BCUT2D eigenvalue weighted by molar-refractivity contribution is 5.83. The Morgan fingerprint density at radius 2 is 1.89 bits per heavy atom. The number of benzene rings is 1. The highest BCUT2D eigenvalue weighted by Crippen LogP contribution is 2.22. The highest BCUT2D eigenvalue weighted by Gasteiger charge is 2.38. The zero-order valence-electron chi connectivity index (χ0n) is 14.7. The number of aryl methyl sites for hydroxylation is 1. The molecule has 0 fully saturated rings. The normalized spacial score (nSPS) is 11.4. The fourth-order valence-corrected chi connectivity index (χ4v) is 2.25. The van der Waals surface area contributed by atoms with Crippen LogP contribution in [-0.2, 0) is 11.8 Å². The van der Waals surface area contributed by atoms with Gasteiger partial charge in [-0.3, -0.25) is 9.48 Å². The number of fused-ring (bicyclic) bond motifs is 1. The second-order valence-electron chi connectivity index (χ2n) is 5.98. The lowest BCUT2D eigenvalue weighted by atomic mass is 10.1. The van der Waals surface area contributed by atoms with Gasteiger partial charge >= 0.3 is 12.1 Å². The Labute approximate surface area is 151 Å². The average molecular weight is 382 g/mol. The van der Waals surface area contributed by atoms with Gasteiger partial charge in [0.05, 0.1) is 16.6 Å². The van der Waals surface area contributed by atoms with Crippen LogP contribution in [-0.4, -0.2) is 37.0 Å². The summed E-state index contributed by atoms with van der Waals surface area (Å²) in [6.07, 6.45) is -3.34. The summed E-state index contributed by atoms with van der Waals surface area (Å²) in [4.78, 5) is 28.4. The molecule has 144 valence electrons. The molecule has 2 heterocycles. The summed E-state index contributed by atoms with van der Waals surface area (Å²) in [6, 6.07) is 7.64. The van der Waals surface area contributed by atoms with Gasteiger partial charge in [0.25, 0.3) is 5.56 Å². The number of carboxylic acids is 1. The van der Waals surface area contributed by atoms with Crippen molar-refractivity contribution in [2.24, 2.45) is 7.05 Å². The SMILES string of the molecule is CC(C)c1nc2ccc(-c3ccnn3C)cc2c(=O)[nH]1.O=C(O)C(F)(F)F. The van der Waals surface area contributed by atoms with Gasteiger partial charge in [-0.05, 0) is 18.2 Å². The smallest absolute Gasteiger partial charge is 0.475 e. The van der Waals surface area contributed by atoms with E-state index in [0.29, 0.717) is 5.39 Å². The van der Waals surface area contributed by atoms with Gasteiger partial charge in [-0.25, -0.2) is 9.78 Å². The molecule has 0 saturated heterocycles. The van der Waals surface area contributed by atoms with E-state index in [9.17, 15) is 18.0 Å². The maximum atomic E-state index is 12.2. The molecule has 3 aromatic rings. The van der Waals surface area contributed by atoms with Gasteiger partial charge in [0.15, 0.2) is 0 Å². The number of aliphatic carboxylic acids is 1. The van der Waals surface area contributed by atoms with Crippen molar-refractivity contribution in [2.45, 2.75) is 25.9 Å². The molecule has 2 N–H and O–H groups in total. The molecule has 1 aromatic carbocycles. The first-order chi connectivity index (χ1) is 12.5. The number of aromatic amines is 1. The topological polar surface area (TPSA) is 101 Å². The van der Waals surface area contributed by atoms with E-state index in [0.717, 1.165) is 22.6 Å². The van der Waals surface area contributed by atoms with Gasteiger partial charge in [0.2, 0.25) is 0 Å². The van der Waals surface area contributed by atoms with Crippen molar-refractivity contribution in [1.82, 2.24) is 19.7 Å². The maximum Gasteiger partial charge on any atom is 0.490 e. The van der Waals surface area contributed by atoms with E-state index in [1.165, 1.54) is 0 Å². The second-order valence-corrected chi connectivity index (χ2v) is 5.98. The Balaban J connectivity index is 0.000000321. The minimum atomic E-state index is -5.08. The number of hydrogen-bond donors (Lipinski definition) is 2. The summed E-state index contributed by atoms with van der Waals surface area (Å²) >= 11 is 0. The molecule has 0 unspecified atom stereocenters. The van der Waals surface area contributed by atoms with Gasteiger partial charge in [-0.15, -0.1) is 0 Å². The van der Waals surface area contributed by atoms with E-state index < -0.39 is 12.1 Å². The number of halogens is 3. The zero-order valence-corrected chi connectivity index (χ0v) is 14.7. The van der Waals surface area contributed by atoms with Crippen molar-refractivity contribution in [3.05, 3.63) is 46.6 Å². The monoisotopic (exact) mass is 382 g/mol. The molecule has 10 heteroatoms. The van der Waals surface area contributed by atoms with Gasteiger partial charge < -0.3 is 10.1 Å². The summed E-state index contributed by atoms with van der Waals surface area (Å²) in [6.45, 7) is 4.02. The standard InChI is InChI=1S/C15H16N4O.C2HF3O2/c1-9(2)14-17-12-5-4-10(8-11(12)15(20)18-14)13-6-7-16-19(13)3;3-2(4,5)1(6)7/h4-9H,1-3H3,(H,17,18,20);(H,6,7). The first-order valence-electron chi connectivity index (χ1n) is 7.83. The van der Waals surface area contributed by atoms with E-state index in [1.54, 1.807) is 10.9 Å². The van der Waals surface area contributed by atoms with Crippen LogP contribution in [0.4, 0.5) is 13.2 Å². The van der Waals surface area contributed by atoms with Gasteiger partial charge in [0, 0.05) is 24.7 Å². The number of nitrogens with zero attached hydrogens (tertiary/aromatic N) is 3. The minimum Gasteiger partial charge on any atom is -0.475 e. The number of carboxylic acid groups (broad SMARTS) is 1. The van der Waals surface area contributed by atoms with E-state index in [1.807, 2.05) is 45.2 Å². The second kappa shape index (κ2) is 7.60. The quantitative estimate of drug-likeness (QED) is 0.709. The molecular formula is C17H17F3N4O3. The van der Waals surface area contributed by atoms with Crippen molar-refractivity contribution in [3.8, 4) is 11.3 Å². The fourth-order valence-electron chi connectivity index (χ4n) is 2.25. The number of carbonyl (C=O) groups is 1. The molecule has 7 nitrogen and oxygen atoms in total. The van der Waals surface area contributed by atoms with Crippen molar-refractivity contribution < 1.29 is 23.1 Å². The van der Waals surface area contributed by atoms with Crippen LogP contribution in [0, 0.1) is 0 Å². The lowest BCUT2D eigenvalue weighted by Crippen LogP contribution is -2.21. The molecule has 0 spiro atoms. The first kappa shape index (κ1) is 20.1. The van der Waals surface area contributed by atoms with E-state index in [4.69, 9.17) is 9.90 Å². The number of H-pyrrole nitrogens is 1. The summed E-state index contributed by atoms with van der Waals surface area (Å²) < 4.78 is 33.5. The molecule has 27 heavy (non-hydrogen) atoms. The molecule has 3 rings (SSSR count). The molecule has 2 aromatic heterocycles. The molecule has 0 aliphatic rings. The number of alkyl halides is 3. The van der Waals surface area contributed by atoms with Crippen molar-refractivity contribution in [3.63, 3.8) is 0 Å². The largest absolute Gasteiger partial charge is 0.490 e. The van der Waals surface area contributed by atoms with Crippen LogP contribution >= 0.6 is 0 Å². The van der Waals surface area contributed by atoms with E-state index in [-0.39, 0.29) is 11.5 Å². The van der Waals surface area contributed by atoms with Crippen LogP contribution in [0.2, 0.25) is 0 Å². The first-order valence-corrected chi connectivity index (χ1v) is 7.83. The maximum absolute atomic E-state index is 12.2. The Morgan fingerprint density at radius 3 is 2.37 bits per heavy atom. The third-order valence-electron chi connectivity index (χ3n) is 3.63. The average Bonchev–Trinajstić information content (AvgIpc) is 3.00. The molecule has 0 amide bonds.